The van der Waals surface area contributed by atoms with Gasteiger partial charge in [-0.3, -0.25) is 9.59 Å². The molecule has 0 heterocycles. The number of hydrogen-bond acceptors (Lipinski definition) is 3. The van der Waals surface area contributed by atoms with Crippen LogP contribution in [0, 0.1) is 11.6 Å². The van der Waals surface area contributed by atoms with Gasteiger partial charge >= 0.3 is 0 Å². The zero-order valence-electron chi connectivity index (χ0n) is 14.7. The lowest BCUT2D eigenvalue weighted by Gasteiger charge is -2.12. The van der Waals surface area contributed by atoms with E-state index in [2.05, 4.69) is 16.0 Å². The summed E-state index contributed by atoms with van der Waals surface area (Å²) < 4.78 is 26.2. The maximum atomic E-state index is 13.2. The molecule has 0 aliphatic rings. The Balaban J connectivity index is 1.63. The maximum Gasteiger partial charge on any atom is 0.257 e. The maximum absolute atomic E-state index is 13.2. The third kappa shape index (κ3) is 4.91. The minimum atomic E-state index is -1.05. The Kier molecular flexibility index (Phi) is 5.96. The standard InChI is InChI=1S/C21H17F2N3O2/c22-17-11-10-15(12-18(17)23)25-20(27)13-24-19-9-5-4-8-16(19)21(28)26-14-6-2-1-3-7-14/h1-12,24H,13H2,(H,25,27)(H,26,28). The molecule has 28 heavy (non-hydrogen) atoms. The van der Waals surface area contributed by atoms with E-state index in [4.69, 9.17) is 0 Å². The molecule has 3 aromatic carbocycles. The van der Waals surface area contributed by atoms with Crippen LogP contribution in [0.3, 0.4) is 0 Å². The molecule has 7 heteroatoms. The van der Waals surface area contributed by atoms with Crippen LogP contribution in [-0.4, -0.2) is 18.4 Å². The van der Waals surface area contributed by atoms with Crippen molar-refractivity contribution in [3.8, 4) is 0 Å². The number of halogens is 2. The van der Waals surface area contributed by atoms with Gasteiger partial charge in [-0.15, -0.1) is 0 Å². The Morgan fingerprint density at radius 3 is 2.21 bits per heavy atom. The van der Waals surface area contributed by atoms with Crippen molar-refractivity contribution in [2.45, 2.75) is 0 Å². The Bertz CT molecular complexity index is 994. The average molecular weight is 381 g/mol. The summed E-state index contributed by atoms with van der Waals surface area (Å²) >= 11 is 0. The van der Waals surface area contributed by atoms with E-state index in [1.54, 1.807) is 36.4 Å². The third-order valence-electron chi connectivity index (χ3n) is 3.85. The number of amides is 2. The van der Waals surface area contributed by atoms with E-state index in [-0.39, 0.29) is 18.1 Å². The molecule has 3 N–H and O–H groups in total. The molecular formula is C21H17F2N3O2. The Hall–Kier alpha value is -3.74. The van der Waals surface area contributed by atoms with Gasteiger partial charge in [-0.25, -0.2) is 8.78 Å². The summed E-state index contributed by atoms with van der Waals surface area (Å²) in [4.78, 5) is 24.6. The van der Waals surface area contributed by atoms with Gasteiger partial charge in [0.05, 0.1) is 12.1 Å². The van der Waals surface area contributed by atoms with Crippen molar-refractivity contribution in [1.29, 1.82) is 0 Å². The number of carbonyl (C=O) groups excluding carboxylic acids is 2. The molecule has 5 nitrogen and oxygen atoms in total. The van der Waals surface area contributed by atoms with Crippen molar-refractivity contribution in [3.63, 3.8) is 0 Å². The first-order valence-electron chi connectivity index (χ1n) is 8.47. The van der Waals surface area contributed by atoms with Crippen LogP contribution in [0.1, 0.15) is 10.4 Å². The highest BCUT2D eigenvalue weighted by atomic mass is 19.2. The number of carbonyl (C=O) groups is 2. The SMILES string of the molecule is O=C(CNc1ccccc1C(=O)Nc1ccccc1)Nc1ccc(F)c(F)c1. The van der Waals surface area contributed by atoms with Crippen LogP contribution in [0.25, 0.3) is 0 Å². The lowest BCUT2D eigenvalue weighted by molar-refractivity contribution is -0.114. The number of nitrogens with one attached hydrogen (secondary N) is 3. The zero-order valence-corrected chi connectivity index (χ0v) is 14.7. The molecule has 0 aliphatic carbocycles. The smallest absolute Gasteiger partial charge is 0.257 e. The fraction of sp³-hybridized carbons (Fsp3) is 0.0476. The number of rotatable bonds is 6. The minimum Gasteiger partial charge on any atom is -0.376 e. The molecule has 0 saturated carbocycles. The predicted octanol–water partition coefficient (Wildman–Crippen LogP) is 4.27. The summed E-state index contributed by atoms with van der Waals surface area (Å²) in [5, 5.41) is 8.13. The highest BCUT2D eigenvalue weighted by Gasteiger charge is 2.12. The summed E-state index contributed by atoms with van der Waals surface area (Å²) in [7, 11) is 0. The first kappa shape index (κ1) is 19.0. The van der Waals surface area contributed by atoms with Gasteiger partial charge in [-0.05, 0) is 36.4 Å². The summed E-state index contributed by atoms with van der Waals surface area (Å²) in [5.41, 5.74) is 1.63. The second-order valence-electron chi connectivity index (χ2n) is 5.90. The van der Waals surface area contributed by atoms with Gasteiger partial charge in [-0.2, -0.15) is 0 Å². The van der Waals surface area contributed by atoms with Gasteiger partial charge in [0.1, 0.15) is 0 Å². The van der Waals surface area contributed by atoms with Crippen LogP contribution in [0.5, 0.6) is 0 Å². The van der Waals surface area contributed by atoms with Crippen molar-refractivity contribution in [3.05, 3.63) is 90.0 Å². The molecule has 0 aliphatic heterocycles. The van der Waals surface area contributed by atoms with Gasteiger partial charge in [-0.1, -0.05) is 30.3 Å². The van der Waals surface area contributed by atoms with Gasteiger partial charge in [0.2, 0.25) is 5.91 Å². The van der Waals surface area contributed by atoms with E-state index in [1.165, 1.54) is 6.07 Å². The van der Waals surface area contributed by atoms with Gasteiger partial charge < -0.3 is 16.0 Å². The Labute approximate surface area is 160 Å². The largest absolute Gasteiger partial charge is 0.376 e. The van der Waals surface area contributed by atoms with E-state index in [0.717, 1.165) is 12.1 Å². The average Bonchev–Trinajstić information content (AvgIpc) is 2.70. The van der Waals surface area contributed by atoms with E-state index in [1.807, 2.05) is 18.2 Å². The van der Waals surface area contributed by atoms with Gasteiger partial charge in [0.15, 0.2) is 11.6 Å². The first-order valence-corrected chi connectivity index (χ1v) is 8.47. The highest BCUT2D eigenvalue weighted by molar-refractivity contribution is 6.08. The van der Waals surface area contributed by atoms with Crippen molar-refractivity contribution in [2.24, 2.45) is 0 Å². The van der Waals surface area contributed by atoms with Crippen molar-refractivity contribution in [1.82, 2.24) is 0 Å². The Morgan fingerprint density at radius 2 is 1.46 bits per heavy atom. The van der Waals surface area contributed by atoms with Crippen molar-refractivity contribution < 1.29 is 18.4 Å². The Morgan fingerprint density at radius 1 is 0.750 bits per heavy atom. The molecule has 0 bridgehead atoms. The fourth-order valence-corrected chi connectivity index (χ4v) is 2.51. The second-order valence-corrected chi connectivity index (χ2v) is 5.90. The zero-order chi connectivity index (χ0) is 19.9. The van der Waals surface area contributed by atoms with E-state index in [0.29, 0.717) is 16.9 Å². The van der Waals surface area contributed by atoms with Crippen LogP contribution in [0.2, 0.25) is 0 Å². The first-order chi connectivity index (χ1) is 13.5. The molecule has 0 unspecified atom stereocenters. The monoisotopic (exact) mass is 381 g/mol. The van der Waals surface area contributed by atoms with E-state index < -0.39 is 17.5 Å². The second kappa shape index (κ2) is 8.77. The summed E-state index contributed by atoms with van der Waals surface area (Å²) in [5.74, 6) is -2.83. The minimum absolute atomic E-state index is 0.140. The van der Waals surface area contributed by atoms with Gasteiger partial charge in [0, 0.05) is 23.1 Å². The van der Waals surface area contributed by atoms with Crippen LogP contribution in [0.15, 0.2) is 72.8 Å². The highest BCUT2D eigenvalue weighted by Crippen LogP contribution is 2.18. The molecule has 2 amide bonds. The summed E-state index contributed by atoms with van der Waals surface area (Å²) in [6.07, 6.45) is 0. The molecule has 3 aromatic rings. The normalized spacial score (nSPS) is 10.2. The molecule has 0 atom stereocenters. The van der Waals surface area contributed by atoms with Crippen molar-refractivity contribution in [2.75, 3.05) is 22.5 Å². The van der Waals surface area contributed by atoms with Crippen LogP contribution in [-0.2, 0) is 4.79 Å². The topological polar surface area (TPSA) is 70.2 Å². The van der Waals surface area contributed by atoms with Gasteiger partial charge in [0.25, 0.3) is 5.91 Å². The van der Waals surface area contributed by atoms with Crippen molar-refractivity contribution >= 4 is 28.9 Å². The van der Waals surface area contributed by atoms with Crippen LogP contribution < -0.4 is 16.0 Å². The molecule has 142 valence electrons. The lowest BCUT2D eigenvalue weighted by atomic mass is 10.1. The third-order valence-corrected chi connectivity index (χ3v) is 3.85. The van der Waals surface area contributed by atoms with Crippen LogP contribution >= 0.6 is 0 Å². The van der Waals surface area contributed by atoms with E-state index >= 15 is 0 Å². The molecule has 0 fully saturated rings. The van der Waals surface area contributed by atoms with E-state index in [9.17, 15) is 18.4 Å². The fourth-order valence-electron chi connectivity index (χ4n) is 2.51. The molecular weight excluding hydrogens is 364 g/mol. The number of anilines is 3. The lowest BCUT2D eigenvalue weighted by Crippen LogP contribution is -2.23. The molecule has 0 aromatic heterocycles. The molecule has 3 rings (SSSR count). The molecule has 0 radical (unpaired) electrons. The summed E-state index contributed by atoms with van der Waals surface area (Å²) in [6.45, 7) is -0.158. The summed E-state index contributed by atoms with van der Waals surface area (Å²) in [6, 6.07) is 18.8. The molecule has 0 spiro atoms. The predicted molar refractivity (Wildman–Crippen MR) is 104 cm³/mol. The quantitative estimate of drug-likeness (QED) is 0.597. The number of benzene rings is 3. The molecule has 0 saturated heterocycles. The number of hydrogen-bond donors (Lipinski definition) is 3. The van der Waals surface area contributed by atoms with Crippen LogP contribution in [0.4, 0.5) is 25.8 Å². The number of para-hydroxylation sites is 2.